The highest BCUT2D eigenvalue weighted by Gasteiger charge is 2.29. The van der Waals surface area contributed by atoms with E-state index < -0.39 is 0 Å². The van der Waals surface area contributed by atoms with Crippen molar-refractivity contribution in [3.63, 3.8) is 0 Å². The first kappa shape index (κ1) is 10.1. The van der Waals surface area contributed by atoms with E-state index in [-0.39, 0.29) is 0 Å². The van der Waals surface area contributed by atoms with Crippen molar-refractivity contribution in [2.45, 2.75) is 25.3 Å². The highest BCUT2D eigenvalue weighted by Crippen LogP contribution is 2.24. The average molecular weight is 220 g/mol. The lowest BCUT2D eigenvalue weighted by Gasteiger charge is -2.44. The maximum Gasteiger partial charge on any atom is 0.0753 e. The van der Waals surface area contributed by atoms with E-state index in [1.807, 2.05) is 17.9 Å². The Morgan fingerprint density at radius 3 is 3.00 bits per heavy atom. The van der Waals surface area contributed by atoms with Crippen molar-refractivity contribution in [1.82, 2.24) is 14.7 Å². The molecule has 16 heavy (non-hydrogen) atoms. The van der Waals surface area contributed by atoms with Crippen LogP contribution in [0.3, 0.4) is 0 Å². The number of fused-ring (bicyclic) bond motifs is 1. The molecule has 0 aromatic carbocycles. The molecule has 0 saturated carbocycles. The van der Waals surface area contributed by atoms with Gasteiger partial charge in [-0.3, -0.25) is 9.58 Å². The van der Waals surface area contributed by atoms with Crippen molar-refractivity contribution in [2.24, 2.45) is 7.05 Å². The summed E-state index contributed by atoms with van der Waals surface area (Å²) in [4.78, 5) is 5.15. The Hall–Kier alpha value is -1.03. The van der Waals surface area contributed by atoms with Crippen molar-refractivity contribution in [3.05, 3.63) is 12.4 Å². The van der Waals surface area contributed by atoms with Crippen molar-refractivity contribution >= 4 is 5.69 Å². The number of piperidine rings is 1. The Balaban J connectivity index is 1.70. The van der Waals surface area contributed by atoms with Gasteiger partial charge in [-0.05, 0) is 19.4 Å². The zero-order chi connectivity index (χ0) is 11.0. The Bertz CT molecular complexity index is 360. The molecule has 1 atom stereocenters. The SMILES string of the molecule is Cn1cc(N2CCN3CCCCC3C2)cn1. The Morgan fingerprint density at radius 1 is 1.25 bits per heavy atom. The van der Waals surface area contributed by atoms with Gasteiger partial charge in [0.25, 0.3) is 0 Å². The summed E-state index contributed by atoms with van der Waals surface area (Å²) in [6.45, 7) is 4.87. The minimum Gasteiger partial charge on any atom is -0.366 e. The topological polar surface area (TPSA) is 24.3 Å². The van der Waals surface area contributed by atoms with Crippen LogP contribution in [0.5, 0.6) is 0 Å². The van der Waals surface area contributed by atoms with Gasteiger partial charge in [-0.25, -0.2) is 0 Å². The lowest BCUT2D eigenvalue weighted by atomic mass is 9.99. The van der Waals surface area contributed by atoms with E-state index in [0.717, 1.165) is 12.6 Å². The number of hydrogen-bond acceptors (Lipinski definition) is 3. The molecular weight excluding hydrogens is 200 g/mol. The van der Waals surface area contributed by atoms with Gasteiger partial charge in [0.05, 0.1) is 11.9 Å². The number of piperazine rings is 1. The third-order valence-electron chi connectivity index (χ3n) is 3.89. The summed E-state index contributed by atoms with van der Waals surface area (Å²) in [6, 6.07) is 0.780. The number of aromatic nitrogens is 2. The molecule has 0 amide bonds. The average Bonchev–Trinajstić information content (AvgIpc) is 2.75. The standard InChI is InChI=1S/C12H20N4/c1-14-9-12(8-13-14)16-7-6-15-5-3-2-4-11(15)10-16/h8-9,11H,2-7,10H2,1H3. The molecule has 88 valence electrons. The molecule has 3 heterocycles. The fourth-order valence-corrected chi connectivity index (χ4v) is 2.96. The maximum atomic E-state index is 4.26. The molecule has 1 unspecified atom stereocenters. The summed E-state index contributed by atoms with van der Waals surface area (Å²) in [7, 11) is 1.99. The number of hydrogen-bond donors (Lipinski definition) is 0. The summed E-state index contributed by atoms with van der Waals surface area (Å²) >= 11 is 0. The number of rotatable bonds is 1. The molecule has 1 aromatic rings. The lowest BCUT2D eigenvalue weighted by Crippen LogP contribution is -2.54. The van der Waals surface area contributed by atoms with Gasteiger partial charge >= 0.3 is 0 Å². The van der Waals surface area contributed by atoms with Gasteiger partial charge in [-0.2, -0.15) is 5.10 Å². The van der Waals surface area contributed by atoms with Gasteiger partial charge in [0.2, 0.25) is 0 Å². The molecule has 0 spiro atoms. The third kappa shape index (κ3) is 1.82. The van der Waals surface area contributed by atoms with Gasteiger partial charge in [0, 0.05) is 38.9 Å². The second-order valence-electron chi connectivity index (χ2n) is 5.00. The van der Waals surface area contributed by atoms with Crippen molar-refractivity contribution in [2.75, 3.05) is 31.1 Å². The third-order valence-corrected chi connectivity index (χ3v) is 3.89. The summed E-state index contributed by atoms with van der Waals surface area (Å²) in [5, 5.41) is 4.26. The van der Waals surface area contributed by atoms with Crippen LogP contribution in [-0.4, -0.2) is 46.9 Å². The zero-order valence-corrected chi connectivity index (χ0v) is 9.97. The van der Waals surface area contributed by atoms with E-state index in [1.165, 1.54) is 44.6 Å². The van der Waals surface area contributed by atoms with Crippen LogP contribution in [0.4, 0.5) is 5.69 Å². The normalized spacial score (nSPS) is 26.8. The Kier molecular flexibility index (Phi) is 2.59. The molecule has 2 aliphatic heterocycles. The van der Waals surface area contributed by atoms with Crippen molar-refractivity contribution < 1.29 is 0 Å². The molecule has 2 fully saturated rings. The second-order valence-corrected chi connectivity index (χ2v) is 5.00. The predicted octanol–water partition coefficient (Wildman–Crippen LogP) is 1.09. The van der Waals surface area contributed by atoms with Crippen molar-refractivity contribution in [1.29, 1.82) is 0 Å². The minimum atomic E-state index is 0.780. The van der Waals surface area contributed by atoms with Crippen LogP contribution in [0, 0.1) is 0 Å². The molecule has 3 rings (SSSR count). The maximum absolute atomic E-state index is 4.26. The first-order valence-electron chi connectivity index (χ1n) is 6.30. The predicted molar refractivity (Wildman–Crippen MR) is 64.6 cm³/mol. The van der Waals surface area contributed by atoms with E-state index >= 15 is 0 Å². The van der Waals surface area contributed by atoms with E-state index in [1.54, 1.807) is 0 Å². The van der Waals surface area contributed by atoms with Crippen LogP contribution in [0.1, 0.15) is 19.3 Å². The lowest BCUT2D eigenvalue weighted by molar-refractivity contribution is 0.133. The van der Waals surface area contributed by atoms with Gasteiger partial charge in [-0.1, -0.05) is 6.42 Å². The molecule has 1 aromatic heterocycles. The molecule has 0 radical (unpaired) electrons. The minimum absolute atomic E-state index is 0.780. The van der Waals surface area contributed by atoms with E-state index in [9.17, 15) is 0 Å². The molecule has 0 aliphatic carbocycles. The summed E-state index contributed by atoms with van der Waals surface area (Å²) in [5.41, 5.74) is 1.28. The van der Waals surface area contributed by atoms with Gasteiger partial charge in [-0.15, -0.1) is 0 Å². The number of aryl methyl sites for hydroxylation is 1. The Morgan fingerprint density at radius 2 is 2.19 bits per heavy atom. The van der Waals surface area contributed by atoms with Crippen LogP contribution in [-0.2, 0) is 7.05 Å². The molecule has 2 saturated heterocycles. The van der Waals surface area contributed by atoms with Crippen LogP contribution in [0.25, 0.3) is 0 Å². The first-order valence-corrected chi connectivity index (χ1v) is 6.30. The highest BCUT2D eigenvalue weighted by atomic mass is 15.3. The fraction of sp³-hybridized carbons (Fsp3) is 0.750. The molecule has 4 heteroatoms. The van der Waals surface area contributed by atoms with Gasteiger partial charge < -0.3 is 4.90 Å². The quantitative estimate of drug-likeness (QED) is 0.708. The summed E-state index contributed by atoms with van der Waals surface area (Å²) in [5.74, 6) is 0. The number of anilines is 1. The fourth-order valence-electron chi connectivity index (χ4n) is 2.96. The molecule has 0 bridgehead atoms. The van der Waals surface area contributed by atoms with Crippen LogP contribution >= 0.6 is 0 Å². The van der Waals surface area contributed by atoms with Gasteiger partial charge in [0.1, 0.15) is 0 Å². The van der Waals surface area contributed by atoms with E-state index in [2.05, 4.69) is 21.1 Å². The van der Waals surface area contributed by atoms with Crippen LogP contribution in [0.2, 0.25) is 0 Å². The molecular formula is C12H20N4. The van der Waals surface area contributed by atoms with Crippen LogP contribution < -0.4 is 4.90 Å². The summed E-state index contributed by atoms with van der Waals surface area (Å²) in [6.07, 6.45) is 8.28. The van der Waals surface area contributed by atoms with Crippen molar-refractivity contribution in [3.8, 4) is 0 Å². The first-order chi connectivity index (χ1) is 7.83. The Labute approximate surface area is 96.8 Å². The highest BCUT2D eigenvalue weighted by molar-refractivity contribution is 5.43. The smallest absolute Gasteiger partial charge is 0.0753 e. The largest absolute Gasteiger partial charge is 0.366 e. The monoisotopic (exact) mass is 220 g/mol. The molecule has 0 N–H and O–H groups in total. The number of nitrogens with zero attached hydrogens (tertiary/aromatic N) is 4. The van der Waals surface area contributed by atoms with Crippen LogP contribution in [0.15, 0.2) is 12.4 Å². The zero-order valence-electron chi connectivity index (χ0n) is 9.97. The van der Waals surface area contributed by atoms with E-state index in [0.29, 0.717) is 0 Å². The molecule has 4 nitrogen and oxygen atoms in total. The molecule has 2 aliphatic rings. The van der Waals surface area contributed by atoms with E-state index in [4.69, 9.17) is 0 Å². The second kappa shape index (κ2) is 4.09. The van der Waals surface area contributed by atoms with Gasteiger partial charge in [0.15, 0.2) is 0 Å². The summed E-state index contributed by atoms with van der Waals surface area (Å²) < 4.78 is 1.89.